The van der Waals surface area contributed by atoms with Crippen molar-refractivity contribution in [3.8, 4) is 5.75 Å². The topological polar surface area (TPSA) is 37.2 Å². The van der Waals surface area contributed by atoms with Crippen molar-refractivity contribution in [1.82, 2.24) is 9.88 Å². The maximum atomic E-state index is 9.58. The Balaban J connectivity index is 2.03. The molecule has 0 aliphatic carbocycles. The summed E-state index contributed by atoms with van der Waals surface area (Å²) in [7, 11) is 0. The van der Waals surface area contributed by atoms with Gasteiger partial charge in [0.15, 0.2) is 0 Å². The fourth-order valence-electron chi connectivity index (χ4n) is 2.49. The van der Waals surface area contributed by atoms with Crippen LogP contribution < -0.4 is 5.32 Å². The summed E-state index contributed by atoms with van der Waals surface area (Å²) in [6.45, 7) is 2.06. The number of benzene rings is 1. The van der Waals surface area contributed by atoms with Gasteiger partial charge in [-0.15, -0.1) is 0 Å². The third-order valence-electron chi connectivity index (χ3n) is 3.29. The van der Waals surface area contributed by atoms with E-state index in [2.05, 4.69) is 34.3 Å². The maximum Gasteiger partial charge on any atom is 0.115 e. The van der Waals surface area contributed by atoms with E-state index < -0.39 is 0 Å². The molecule has 3 nitrogen and oxygen atoms in total. The van der Waals surface area contributed by atoms with Crippen LogP contribution in [0.1, 0.15) is 23.7 Å². The number of aryl methyl sites for hydroxylation is 1. The van der Waals surface area contributed by atoms with E-state index in [1.165, 1.54) is 5.69 Å². The lowest BCUT2D eigenvalue weighted by atomic mass is 10.0. The second kappa shape index (κ2) is 4.26. The standard InChI is InChI=1S/C14H16N2O/c17-12-5-1-4-11(10-12)14-13-6-2-8-16(13)9-3-7-15-14/h1-2,4-6,8,10,14-15,17H,3,7,9H2. The van der Waals surface area contributed by atoms with Crippen LogP contribution in [0.3, 0.4) is 0 Å². The van der Waals surface area contributed by atoms with Gasteiger partial charge in [0.25, 0.3) is 0 Å². The molecule has 1 aromatic heterocycles. The number of rotatable bonds is 1. The quantitative estimate of drug-likeness (QED) is 0.785. The third-order valence-corrected chi connectivity index (χ3v) is 3.29. The zero-order chi connectivity index (χ0) is 11.7. The molecule has 2 N–H and O–H groups in total. The molecule has 0 saturated heterocycles. The Bertz CT molecular complexity index is 518. The summed E-state index contributed by atoms with van der Waals surface area (Å²) in [6, 6.07) is 11.9. The Hall–Kier alpha value is -1.74. The molecule has 88 valence electrons. The average Bonchev–Trinajstić information content (AvgIpc) is 2.69. The van der Waals surface area contributed by atoms with Crippen molar-refractivity contribution in [2.45, 2.75) is 19.0 Å². The molecule has 0 saturated carbocycles. The van der Waals surface area contributed by atoms with Gasteiger partial charge in [-0.05, 0) is 42.8 Å². The van der Waals surface area contributed by atoms with Crippen molar-refractivity contribution >= 4 is 0 Å². The summed E-state index contributed by atoms with van der Waals surface area (Å²) >= 11 is 0. The molecule has 17 heavy (non-hydrogen) atoms. The monoisotopic (exact) mass is 228 g/mol. The molecule has 0 fully saturated rings. The Morgan fingerprint density at radius 2 is 2.18 bits per heavy atom. The van der Waals surface area contributed by atoms with Gasteiger partial charge in [-0.2, -0.15) is 0 Å². The number of phenols is 1. The second-order valence-electron chi connectivity index (χ2n) is 4.46. The number of hydrogen-bond donors (Lipinski definition) is 2. The van der Waals surface area contributed by atoms with Crippen molar-refractivity contribution < 1.29 is 5.11 Å². The number of nitrogens with one attached hydrogen (secondary N) is 1. The highest BCUT2D eigenvalue weighted by Crippen LogP contribution is 2.26. The van der Waals surface area contributed by atoms with Gasteiger partial charge in [-0.3, -0.25) is 0 Å². The lowest BCUT2D eigenvalue weighted by Gasteiger charge is -2.18. The smallest absolute Gasteiger partial charge is 0.115 e. The Labute approximate surface area is 101 Å². The fourth-order valence-corrected chi connectivity index (χ4v) is 2.49. The minimum absolute atomic E-state index is 0.180. The fraction of sp³-hybridized carbons (Fsp3) is 0.286. The van der Waals surface area contributed by atoms with E-state index in [0.29, 0.717) is 5.75 Å². The van der Waals surface area contributed by atoms with Gasteiger partial charge >= 0.3 is 0 Å². The molecule has 0 amide bonds. The normalized spacial score (nSPS) is 19.6. The number of aromatic hydroxyl groups is 1. The highest BCUT2D eigenvalue weighted by Gasteiger charge is 2.19. The molecular formula is C14H16N2O. The highest BCUT2D eigenvalue weighted by molar-refractivity contribution is 5.34. The van der Waals surface area contributed by atoms with E-state index in [1.54, 1.807) is 6.07 Å². The Kier molecular flexibility index (Phi) is 2.61. The maximum absolute atomic E-state index is 9.58. The van der Waals surface area contributed by atoms with Crippen molar-refractivity contribution in [2.75, 3.05) is 6.54 Å². The van der Waals surface area contributed by atoms with Gasteiger partial charge in [0, 0.05) is 18.4 Å². The highest BCUT2D eigenvalue weighted by atomic mass is 16.3. The zero-order valence-electron chi connectivity index (χ0n) is 9.63. The van der Waals surface area contributed by atoms with Gasteiger partial charge < -0.3 is 15.0 Å². The van der Waals surface area contributed by atoms with Crippen molar-refractivity contribution in [1.29, 1.82) is 0 Å². The molecule has 1 aromatic carbocycles. The molecule has 3 rings (SSSR count). The van der Waals surface area contributed by atoms with E-state index >= 15 is 0 Å². The van der Waals surface area contributed by atoms with Crippen LogP contribution in [-0.4, -0.2) is 16.2 Å². The predicted molar refractivity (Wildman–Crippen MR) is 67.0 cm³/mol. The van der Waals surface area contributed by atoms with Crippen molar-refractivity contribution in [3.63, 3.8) is 0 Å². The summed E-state index contributed by atoms with van der Waals surface area (Å²) < 4.78 is 2.29. The van der Waals surface area contributed by atoms with Crippen LogP contribution in [-0.2, 0) is 6.54 Å². The molecule has 1 aliphatic rings. The number of nitrogens with zero attached hydrogens (tertiary/aromatic N) is 1. The molecule has 0 spiro atoms. The summed E-state index contributed by atoms with van der Waals surface area (Å²) in [5, 5.41) is 13.1. The van der Waals surface area contributed by atoms with E-state index in [9.17, 15) is 5.11 Å². The summed E-state index contributed by atoms with van der Waals surface area (Å²) in [5.41, 5.74) is 2.39. The first-order chi connectivity index (χ1) is 8.34. The summed E-state index contributed by atoms with van der Waals surface area (Å²) in [5.74, 6) is 0.326. The van der Waals surface area contributed by atoms with Crippen molar-refractivity contribution in [2.24, 2.45) is 0 Å². The largest absolute Gasteiger partial charge is 0.508 e. The van der Waals surface area contributed by atoms with Crippen LogP contribution in [0.2, 0.25) is 0 Å². The van der Waals surface area contributed by atoms with Gasteiger partial charge in [-0.25, -0.2) is 0 Å². The predicted octanol–water partition coefficient (Wildman–Crippen LogP) is 2.28. The van der Waals surface area contributed by atoms with Crippen LogP contribution in [0, 0.1) is 0 Å². The molecule has 0 bridgehead atoms. The molecule has 3 heteroatoms. The van der Waals surface area contributed by atoms with Crippen LogP contribution in [0.25, 0.3) is 0 Å². The Morgan fingerprint density at radius 1 is 1.24 bits per heavy atom. The van der Waals surface area contributed by atoms with Gasteiger partial charge in [0.1, 0.15) is 5.75 Å². The van der Waals surface area contributed by atoms with E-state index in [1.807, 2.05) is 12.1 Å². The number of phenolic OH excluding ortho intramolecular Hbond substituents is 1. The first-order valence-electron chi connectivity index (χ1n) is 6.02. The lowest BCUT2D eigenvalue weighted by molar-refractivity contribution is 0.473. The van der Waals surface area contributed by atoms with Gasteiger partial charge in [-0.1, -0.05) is 12.1 Å². The zero-order valence-corrected chi connectivity index (χ0v) is 9.63. The van der Waals surface area contributed by atoms with Crippen molar-refractivity contribution in [3.05, 3.63) is 53.9 Å². The molecule has 2 aromatic rings. The molecular weight excluding hydrogens is 212 g/mol. The molecule has 0 radical (unpaired) electrons. The van der Waals surface area contributed by atoms with Gasteiger partial charge in [0.05, 0.1) is 6.04 Å². The first kappa shape index (κ1) is 10.4. The molecule has 2 heterocycles. The first-order valence-corrected chi connectivity index (χ1v) is 6.02. The Morgan fingerprint density at radius 3 is 3.06 bits per heavy atom. The van der Waals surface area contributed by atoms with Crippen LogP contribution in [0.5, 0.6) is 5.75 Å². The van der Waals surface area contributed by atoms with Crippen LogP contribution in [0.4, 0.5) is 0 Å². The van der Waals surface area contributed by atoms with Crippen LogP contribution in [0.15, 0.2) is 42.6 Å². The van der Waals surface area contributed by atoms with E-state index in [-0.39, 0.29) is 6.04 Å². The minimum atomic E-state index is 0.180. The number of fused-ring (bicyclic) bond motifs is 1. The minimum Gasteiger partial charge on any atom is -0.508 e. The summed E-state index contributed by atoms with van der Waals surface area (Å²) in [6.07, 6.45) is 3.26. The molecule has 1 aliphatic heterocycles. The van der Waals surface area contributed by atoms with Gasteiger partial charge in [0.2, 0.25) is 0 Å². The number of hydrogen-bond acceptors (Lipinski definition) is 2. The SMILES string of the molecule is Oc1cccc(C2NCCCn3cccc32)c1. The third kappa shape index (κ3) is 1.94. The molecule has 1 atom stereocenters. The second-order valence-corrected chi connectivity index (χ2v) is 4.46. The van der Waals surface area contributed by atoms with E-state index in [4.69, 9.17) is 0 Å². The molecule has 1 unspecified atom stereocenters. The lowest BCUT2D eigenvalue weighted by Crippen LogP contribution is -2.22. The summed E-state index contributed by atoms with van der Waals surface area (Å²) in [4.78, 5) is 0. The van der Waals surface area contributed by atoms with Crippen LogP contribution >= 0.6 is 0 Å². The number of aromatic nitrogens is 1. The average molecular weight is 228 g/mol. The van der Waals surface area contributed by atoms with E-state index in [0.717, 1.165) is 25.1 Å².